The molecule has 0 amide bonds. The van der Waals surface area contributed by atoms with E-state index in [9.17, 15) is 4.79 Å². The zero-order valence-electron chi connectivity index (χ0n) is 13.0. The molecule has 1 fully saturated rings. The Kier molecular flexibility index (Phi) is 4.66. The molecule has 0 unspecified atom stereocenters. The van der Waals surface area contributed by atoms with E-state index in [0.29, 0.717) is 6.61 Å². The van der Waals surface area contributed by atoms with Crippen LogP contribution in [0.25, 0.3) is 0 Å². The lowest BCUT2D eigenvalue weighted by Gasteiger charge is -2.39. The maximum atomic E-state index is 12.3. The van der Waals surface area contributed by atoms with Gasteiger partial charge in [-0.25, -0.2) is 4.98 Å². The maximum Gasteiger partial charge on any atom is 0.316 e. The van der Waals surface area contributed by atoms with Gasteiger partial charge >= 0.3 is 5.97 Å². The highest BCUT2D eigenvalue weighted by Gasteiger charge is 2.47. The third-order valence-electron chi connectivity index (χ3n) is 4.29. The highest BCUT2D eigenvalue weighted by atomic mass is 79.9. The number of nitrogens with zero attached hydrogens (tertiary/aromatic N) is 1. The fourth-order valence-corrected chi connectivity index (χ4v) is 3.27. The number of esters is 1. The number of ether oxygens (including phenoxy) is 1. The second kappa shape index (κ2) is 6.71. The number of benzene rings is 1. The van der Waals surface area contributed by atoms with Crippen LogP contribution < -0.4 is 5.32 Å². The minimum absolute atomic E-state index is 0.124. The minimum atomic E-state index is -0.489. The number of halogens is 1. The molecule has 0 radical (unpaired) electrons. The number of hydrogen-bond donors (Lipinski definition) is 1. The molecule has 1 aromatic carbocycles. The van der Waals surface area contributed by atoms with Gasteiger partial charge in [0.15, 0.2) is 0 Å². The Bertz CT molecular complexity index is 696. The number of aromatic nitrogens is 1. The summed E-state index contributed by atoms with van der Waals surface area (Å²) in [4.78, 5) is 16.8. The number of pyridine rings is 1. The quantitative estimate of drug-likeness (QED) is 0.778. The number of anilines is 2. The summed E-state index contributed by atoms with van der Waals surface area (Å²) in [5.74, 6) is 0.630. The highest BCUT2D eigenvalue weighted by molar-refractivity contribution is 9.10. The van der Waals surface area contributed by atoms with Gasteiger partial charge in [-0.15, -0.1) is 0 Å². The van der Waals surface area contributed by atoms with Crippen molar-refractivity contribution in [2.24, 2.45) is 0 Å². The van der Waals surface area contributed by atoms with Crippen molar-refractivity contribution in [3.8, 4) is 0 Å². The number of hydrogen-bond acceptors (Lipinski definition) is 4. The van der Waals surface area contributed by atoms with Crippen molar-refractivity contribution < 1.29 is 9.53 Å². The molecule has 1 saturated carbocycles. The molecule has 5 heteroatoms. The van der Waals surface area contributed by atoms with Gasteiger partial charge in [-0.3, -0.25) is 4.79 Å². The molecule has 1 aliphatic carbocycles. The van der Waals surface area contributed by atoms with E-state index in [1.165, 1.54) is 0 Å². The van der Waals surface area contributed by atoms with E-state index in [4.69, 9.17) is 4.74 Å². The van der Waals surface area contributed by atoms with Crippen LogP contribution in [0.4, 0.5) is 11.5 Å². The first-order valence-electron chi connectivity index (χ1n) is 7.80. The van der Waals surface area contributed by atoms with Crippen molar-refractivity contribution in [2.75, 3.05) is 11.9 Å². The van der Waals surface area contributed by atoms with Gasteiger partial charge in [0.2, 0.25) is 0 Å². The van der Waals surface area contributed by atoms with Crippen LogP contribution in [-0.4, -0.2) is 17.6 Å². The average molecular weight is 375 g/mol. The van der Waals surface area contributed by atoms with E-state index < -0.39 is 5.41 Å². The number of carbonyl (C=O) groups is 1. The second-order valence-corrected chi connectivity index (χ2v) is 6.64. The fourth-order valence-electron chi connectivity index (χ4n) is 2.88. The lowest BCUT2D eigenvalue weighted by molar-refractivity contribution is -0.153. The van der Waals surface area contributed by atoms with Crippen LogP contribution in [0.5, 0.6) is 0 Å². The standard InChI is InChI=1S/C18H19BrN2O2/c1-2-23-17(22)18(9-4-10-18)13-7-8-16(20-12-13)21-15-6-3-5-14(19)11-15/h3,5-8,11-12H,2,4,9-10H2,1H3,(H,20,21). The van der Waals surface area contributed by atoms with E-state index in [1.807, 2.05) is 43.3 Å². The van der Waals surface area contributed by atoms with Crippen LogP contribution >= 0.6 is 15.9 Å². The van der Waals surface area contributed by atoms with Crippen molar-refractivity contribution in [1.29, 1.82) is 0 Å². The Hall–Kier alpha value is -1.88. The van der Waals surface area contributed by atoms with Gasteiger partial charge in [0.25, 0.3) is 0 Å². The molecule has 1 aliphatic rings. The maximum absolute atomic E-state index is 12.3. The second-order valence-electron chi connectivity index (χ2n) is 5.72. The van der Waals surface area contributed by atoms with Crippen LogP contribution in [0.1, 0.15) is 31.7 Å². The molecule has 1 aromatic heterocycles. The van der Waals surface area contributed by atoms with Gasteiger partial charge in [0, 0.05) is 16.4 Å². The molecule has 2 aromatic rings. The monoisotopic (exact) mass is 374 g/mol. The Balaban J connectivity index is 1.77. The summed E-state index contributed by atoms with van der Waals surface area (Å²) in [7, 11) is 0. The Morgan fingerprint density at radius 3 is 2.74 bits per heavy atom. The van der Waals surface area contributed by atoms with Crippen molar-refractivity contribution in [3.05, 3.63) is 52.6 Å². The summed E-state index contributed by atoms with van der Waals surface area (Å²) >= 11 is 3.45. The minimum Gasteiger partial charge on any atom is -0.465 e. The van der Waals surface area contributed by atoms with Gasteiger partial charge in [0.1, 0.15) is 5.82 Å². The lowest BCUT2D eigenvalue weighted by atomic mass is 9.65. The van der Waals surface area contributed by atoms with Gasteiger partial charge in [-0.05, 0) is 49.6 Å². The molecule has 0 bridgehead atoms. The first-order chi connectivity index (χ1) is 11.1. The summed E-state index contributed by atoms with van der Waals surface area (Å²) < 4.78 is 6.26. The Labute approximate surface area is 144 Å². The van der Waals surface area contributed by atoms with E-state index in [2.05, 4.69) is 26.2 Å². The predicted molar refractivity (Wildman–Crippen MR) is 93.8 cm³/mol. The molecule has 1 N–H and O–H groups in total. The zero-order chi connectivity index (χ0) is 16.3. The molecule has 0 aliphatic heterocycles. The molecular formula is C18H19BrN2O2. The molecule has 0 saturated heterocycles. The lowest BCUT2D eigenvalue weighted by Crippen LogP contribution is -2.43. The highest BCUT2D eigenvalue weighted by Crippen LogP contribution is 2.44. The van der Waals surface area contributed by atoms with Gasteiger partial charge in [-0.1, -0.05) is 34.5 Å². The summed E-state index contributed by atoms with van der Waals surface area (Å²) in [6, 6.07) is 11.8. The van der Waals surface area contributed by atoms with E-state index in [0.717, 1.165) is 40.8 Å². The van der Waals surface area contributed by atoms with Crippen LogP contribution in [0.2, 0.25) is 0 Å². The smallest absolute Gasteiger partial charge is 0.316 e. The number of rotatable bonds is 5. The van der Waals surface area contributed by atoms with Crippen molar-refractivity contribution in [2.45, 2.75) is 31.6 Å². The first kappa shape index (κ1) is 16.0. The number of carbonyl (C=O) groups excluding carboxylic acids is 1. The first-order valence-corrected chi connectivity index (χ1v) is 8.60. The number of nitrogens with one attached hydrogen (secondary N) is 1. The van der Waals surface area contributed by atoms with E-state index in [1.54, 1.807) is 6.20 Å². The molecule has 0 spiro atoms. The molecule has 120 valence electrons. The molecule has 4 nitrogen and oxygen atoms in total. The third-order valence-corrected chi connectivity index (χ3v) is 4.78. The van der Waals surface area contributed by atoms with Crippen LogP contribution in [-0.2, 0) is 14.9 Å². The SMILES string of the molecule is CCOC(=O)C1(c2ccc(Nc3cccc(Br)c3)nc2)CCC1. The van der Waals surface area contributed by atoms with Crippen LogP contribution in [0.3, 0.4) is 0 Å². The van der Waals surface area contributed by atoms with Crippen molar-refractivity contribution in [3.63, 3.8) is 0 Å². The largest absolute Gasteiger partial charge is 0.465 e. The Morgan fingerprint density at radius 2 is 2.17 bits per heavy atom. The predicted octanol–water partition coefficient (Wildman–Crippen LogP) is 4.57. The van der Waals surface area contributed by atoms with E-state index in [-0.39, 0.29) is 5.97 Å². The molecular weight excluding hydrogens is 356 g/mol. The topological polar surface area (TPSA) is 51.2 Å². The van der Waals surface area contributed by atoms with Crippen molar-refractivity contribution >= 4 is 33.4 Å². The normalized spacial score (nSPS) is 15.6. The molecule has 0 atom stereocenters. The fraction of sp³-hybridized carbons (Fsp3) is 0.333. The molecule has 23 heavy (non-hydrogen) atoms. The van der Waals surface area contributed by atoms with Crippen LogP contribution in [0.15, 0.2) is 47.1 Å². The third kappa shape index (κ3) is 3.24. The summed E-state index contributed by atoms with van der Waals surface area (Å²) in [5, 5.41) is 3.26. The molecule has 3 rings (SSSR count). The summed E-state index contributed by atoms with van der Waals surface area (Å²) in [5.41, 5.74) is 1.42. The zero-order valence-corrected chi connectivity index (χ0v) is 14.6. The van der Waals surface area contributed by atoms with E-state index >= 15 is 0 Å². The van der Waals surface area contributed by atoms with Gasteiger partial charge in [-0.2, -0.15) is 0 Å². The summed E-state index contributed by atoms with van der Waals surface area (Å²) in [6.45, 7) is 2.25. The van der Waals surface area contributed by atoms with Crippen molar-refractivity contribution in [1.82, 2.24) is 4.98 Å². The Morgan fingerprint density at radius 1 is 1.35 bits per heavy atom. The summed E-state index contributed by atoms with van der Waals surface area (Å²) in [6.07, 6.45) is 4.52. The average Bonchev–Trinajstić information content (AvgIpc) is 2.48. The van der Waals surface area contributed by atoms with Gasteiger partial charge < -0.3 is 10.1 Å². The molecule has 1 heterocycles. The van der Waals surface area contributed by atoms with Gasteiger partial charge in [0.05, 0.1) is 12.0 Å². The van der Waals surface area contributed by atoms with Crippen LogP contribution in [0, 0.1) is 0 Å².